The fourth-order valence-corrected chi connectivity index (χ4v) is 3.17. The van der Waals surface area contributed by atoms with Crippen molar-refractivity contribution in [3.8, 4) is 5.75 Å². The van der Waals surface area contributed by atoms with E-state index >= 15 is 0 Å². The molecule has 3 rings (SSSR count). The van der Waals surface area contributed by atoms with Crippen molar-refractivity contribution in [2.45, 2.75) is 13.3 Å². The van der Waals surface area contributed by atoms with Gasteiger partial charge in [-0.3, -0.25) is 0 Å². The van der Waals surface area contributed by atoms with E-state index in [2.05, 4.69) is 67.6 Å². The second kappa shape index (κ2) is 9.02. The van der Waals surface area contributed by atoms with E-state index in [9.17, 15) is 0 Å². The lowest BCUT2D eigenvalue weighted by Crippen LogP contribution is -2.01. The molecule has 0 amide bonds. The third-order valence-corrected chi connectivity index (χ3v) is 4.34. The van der Waals surface area contributed by atoms with Gasteiger partial charge < -0.3 is 9.84 Å². The van der Waals surface area contributed by atoms with Crippen LogP contribution >= 0.6 is 0 Å². The van der Waals surface area contributed by atoms with E-state index in [1.165, 1.54) is 22.3 Å². The van der Waals surface area contributed by atoms with E-state index in [4.69, 9.17) is 9.84 Å². The number of ether oxygens (including phenoxy) is 1. The molecule has 0 unspecified atom stereocenters. The Labute approximate surface area is 155 Å². The maximum atomic E-state index is 8.92. The molecule has 0 saturated carbocycles. The van der Waals surface area contributed by atoms with Crippen LogP contribution in [0.1, 0.15) is 30.0 Å². The average Bonchev–Trinajstić information content (AvgIpc) is 2.72. The number of allylic oxidation sites excluding steroid dienone is 1. The zero-order valence-corrected chi connectivity index (χ0v) is 15.1. The first-order valence-electron chi connectivity index (χ1n) is 9.01. The number of aliphatic hydroxyl groups excluding tert-OH is 1. The first-order valence-corrected chi connectivity index (χ1v) is 9.01. The van der Waals surface area contributed by atoms with Crippen molar-refractivity contribution in [3.63, 3.8) is 0 Å². The summed E-state index contributed by atoms with van der Waals surface area (Å²) in [6.45, 7) is 2.53. The summed E-state index contributed by atoms with van der Waals surface area (Å²) in [5.41, 5.74) is 6.17. The zero-order valence-electron chi connectivity index (χ0n) is 15.1. The second-order valence-corrected chi connectivity index (χ2v) is 6.04. The highest BCUT2D eigenvalue weighted by molar-refractivity contribution is 5.98. The maximum absolute atomic E-state index is 8.92. The van der Waals surface area contributed by atoms with Crippen molar-refractivity contribution < 1.29 is 9.84 Å². The summed E-state index contributed by atoms with van der Waals surface area (Å²) in [5.74, 6) is 0.771. The Hall–Kier alpha value is -2.84. The van der Waals surface area contributed by atoms with E-state index in [0.717, 1.165) is 17.7 Å². The molecule has 2 nitrogen and oxygen atoms in total. The van der Waals surface area contributed by atoms with Crippen LogP contribution in [-0.2, 0) is 0 Å². The lowest BCUT2D eigenvalue weighted by molar-refractivity contribution is 0.201. The minimum Gasteiger partial charge on any atom is -0.491 e. The largest absolute Gasteiger partial charge is 0.491 e. The smallest absolute Gasteiger partial charge is 0.119 e. The minimum absolute atomic E-state index is 0.0188. The minimum atomic E-state index is 0.0188. The van der Waals surface area contributed by atoms with Crippen LogP contribution in [0.2, 0.25) is 0 Å². The van der Waals surface area contributed by atoms with Gasteiger partial charge in [0.25, 0.3) is 0 Å². The van der Waals surface area contributed by atoms with Crippen LogP contribution in [0, 0.1) is 0 Å². The van der Waals surface area contributed by atoms with Crippen molar-refractivity contribution in [3.05, 3.63) is 102 Å². The van der Waals surface area contributed by atoms with Crippen LogP contribution in [0.4, 0.5) is 0 Å². The van der Waals surface area contributed by atoms with Crippen LogP contribution in [0.25, 0.3) is 11.1 Å². The number of benzene rings is 3. The Morgan fingerprint density at radius 2 is 1.27 bits per heavy atom. The Morgan fingerprint density at radius 1 is 0.731 bits per heavy atom. The van der Waals surface area contributed by atoms with E-state index in [0.29, 0.717) is 6.61 Å². The monoisotopic (exact) mass is 344 g/mol. The van der Waals surface area contributed by atoms with E-state index < -0.39 is 0 Å². The summed E-state index contributed by atoms with van der Waals surface area (Å²) >= 11 is 0. The summed E-state index contributed by atoms with van der Waals surface area (Å²) in [4.78, 5) is 0. The van der Waals surface area contributed by atoms with Gasteiger partial charge in [-0.15, -0.1) is 0 Å². The van der Waals surface area contributed by atoms with Crippen molar-refractivity contribution >= 4 is 11.1 Å². The van der Waals surface area contributed by atoms with Crippen LogP contribution in [0.15, 0.2) is 84.9 Å². The molecular formula is C24H24O2. The van der Waals surface area contributed by atoms with Gasteiger partial charge in [0.15, 0.2) is 0 Å². The van der Waals surface area contributed by atoms with Crippen LogP contribution in [0.3, 0.4) is 0 Å². The summed E-state index contributed by atoms with van der Waals surface area (Å²) in [6.07, 6.45) is 0.941. The highest BCUT2D eigenvalue weighted by Crippen LogP contribution is 2.34. The summed E-state index contributed by atoms with van der Waals surface area (Å²) < 4.78 is 5.50. The van der Waals surface area contributed by atoms with Crippen molar-refractivity contribution in [2.24, 2.45) is 0 Å². The highest BCUT2D eigenvalue weighted by Gasteiger charge is 2.12. The van der Waals surface area contributed by atoms with Crippen LogP contribution < -0.4 is 4.74 Å². The molecule has 0 aromatic heterocycles. The van der Waals surface area contributed by atoms with Crippen molar-refractivity contribution in [1.82, 2.24) is 0 Å². The Kier molecular flexibility index (Phi) is 6.24. The predicted molar refractivity (Wildman–Crippen MR) is 108 cm³/mol. The summed E-state index contributed by atoms with van der Waals surface area (Å²) in [6, 6.07) is 29.2. The average molecular weight is 344 g/mol. The zero-order chi connectivity index (χ0) is 18.2. The first kappa shape index (κ1) is 18.0. The Morgan fingerprint density at radius 3 is 1.81 bits per heavy atom. The topological polar surface area (TPSA) is 29.5 Å². The maximum Gasteiger partial charge on any atom is 0.119 e. The number of hydrogen-bond donors (Lipinski definition) is 1. The molecule has 26 heavy (non-hydrogen) atoms. The van der Waals surface area contributed by atoms with Gasteiger partial charge in [0.1, 0.15) is 12.4 Å². The quantitative estimate of drug-likeness (QED) is 0.579. The van der Waals surface area contributed by atoms with Gasteiger partial charge in [-0.25, -0.2) is 0 Å². The molecule has 0 aliphatic heterocycles. The van der Waals surface area contributed by atoms with Crippen LogP contribution in [0.5, 0.6) is 5.75 Å². The van der Waals surface area contributed by atoms with Crippen molar-refractivity contribution in [2.75, 3.05) is 13.2 Å². The van der Waals surface area contributed by atoms with E-state index in [-0.39, 0.29) is 6.61 Å². The van der Waals surface area contributed by atoms with Gasteiger partial charge in [0.05, 0.1) is 6.61 Å². The van der Waals surface area contributed by atoms with Gasteiger partial charge in [-0.2, -0.15) is 0 Å². The lowest BCUT2D eigenvalue weighted by Gasteiger charge is -2.16. The molecule has 3 aromatic rings. The fourth-order valence-electron chi connectivity index (χ4n) is 3.17. The van der Waals surface area contributed by atoms with Crippen LogP contribution in [-0.4, -0.2) is 18.3 Å². The predicted octanol–water partition coefficient (Wildman–Crippen LogP) is 5.43. The van der Waals surface area contributed by atoms with E-state index in [1.807, 2.05) is 24.3 Å². The molecule has 1 N–H and O–H groups in total. The molecule has 2 heteroatoms. The van der Waals surface area contributed by atoms with Crippen molar-refractivity contribution in [1.29, 1.82) is 0 Å². The molecule has 0 atom stereocenters. The molecule has 0 radical (unpaired) electrons. The molecule has 0 aliphatic carbocycles. The first-order chi connectivity index (χ1) is 12.8. The molecule has 0 aliphatic rings. The van der Waals surface area contributed by atoms with Gasteiger partial charge >= 0.3 is 0 Å². The number of hydrogen-bond acceptors (Lipinski definition) is 2. The molecule has 0 bridgehead atoms. The second-order valence-electron chi connectivity index (χ2n) is 6.04. The molecule has 0 spiro atoms. The summed E-state index contributed by atoms with van der Waals surface area (Å²) in [5, 5.41) is 8.92. The van der Waals surface area contributed by atoms with Gasteiger partial charge in [0, 0.05) is 0 Å². The van der Waals surface area contributed by atoms with Gasteiger partial charge in [0.2, 0.25) is 0 Å². The third-order valence-electron chi connectivity index (χ3n) is 4.34. The normalized spacial score (nSPS) is 11.8. The van der Waals surface area contributed by atoms with Gasteiger partial charge in [-0.05, 0) is 46.4 Å². The summed E-state index contributed by atoms with van der Waals surface area (Å²) in [7, 11) is 0. The Balaban J connectivity index is 2.11. The third kappa shape index (κ3) is 4.22. The molecule has 0 saturated heterocycles. The Bertz CT molecular complexity index is 834. The fraction of sp³-hybridized carbons (Fsp3) is 0.167. The van der Waals surface area contributed by atoms with Gasteiger partial charge in [-0.1, -0.05) is 79.7 Å². The molecule has 132 valence electrons. The molecule has 0 fully saturated rings. The number of rotatable bonds is 7. The standard InChI is InChI=1S/C24H24O2/c1-2-23(19-9-5-3-6-10-19)24(20-11-7-4-8-12-20)21-13-15-22(16-14-21)26-18-17-25/h3-16,25H,2,17-18H2,1H3/b24-23-. The highest BCUT2D eigenvalue weighted by atomic mass is 16.5. The molecular weight excluding hydrogens is 320 g/mol. The number of aliphatic hydroxyl groups is 1. The lowest BCUT2D eigenvalue weighted by atomic mass is 9.88. The molecule has 0 heterocycles. The SMILES string of the molecule is CC/C(=C(\c1ccccc1)c1ccc(OCCO)cc1)c1ccccc1. The molecule has 3 aromatic carbocycles. The van der Waals surface area contributed by atoms with E-state index in [1.54, 1.807) is 0 Å².